The zero-order valence-corrected chi connectivity index (χ0v) is 14.6. The second kappa shape index (κ2) is 8.11. The molecule has 0 aliphatic rings. The molecule has 0 saturated carbocycles. The Bertz CT molecular complexity index is 588. The van der Waals surface area contributed by atoms with Crippen molar-refractivity contribution < 1.29 is 5.11 Å². The summed E-state index contributed by atoms with van der Waals surface area (Å²) >= 11 is 0. The van der Waals surface area contributed by atoms with E-state index in [-0.39, 0.29) is 5.92 Å². The van der Waals surface area contributed by atoms with Crippen molar-refractivity contribution in [2.24, 2.45) is 0 Å². The molecule has 1 unspecified atom stereocenters. The number of pyridine rings is 1. The van der Waals surface area contributed by atoms with Gasteiger partial charge in [0, 0.05) is 36.0 Å². The Kier molecular flexibility index (Phi) is 6.17. The molecule has 0 saturated heterocycles. The lowest BCUT2D eigenvalue weighted by Crippen LogP contribution is -2.38. The van der Waals surface area contributed by atoms with Crippen LogP contribution in [-0.4, -0.2) is 33.6 Å². The number of hydrogen-bond donors (Lipinski definition) is 1. The van der Waals surface area contributed by atoms with E-state index in [1.165, 1.54) is 0 Å². The van der Waals surface area contributed by atoms with E-state index in [9.17, 15) is 5.11 Å². The summed E-state index contributed by atoms with van der Waals surface area (Å²) in [6.45, 7) is 9.93. The molecule has 3 nitrogen and oxygen atoms in total. The summed E-state index contributed by atoms with van der Waals surface area (Å²) in [6.07, 6.45) is 4.66. The van der Waals surface area contributed by atoms with E-state index in [0.717, 1.165) is 24.1 Å². The lowest BCUT2D eigenvalue weighted by molar-refractivity contribution is 0.170. The number of phenols is 1. The van der Waals surface area contributed by atoms with Gasteiger partial charge in [0.1, 0.15) is 5.75 Å². The molecule has 0 radical (unpaired) electrons. The maximum absolute atomic E-state index is 10.3. The van der Waals surface area contributed by atoms with Gasteiger partial charge in [0.15, 0.2) is 0 Å². The smallest absolute Gasteiger partial charge is 0.119 e. The standard InChI is InChI=1S/C20H28N2O/c1-15(2)22(16(3)4)13-11-18(17-8-7-12-21-14-17)19-9-5-6-10-20(19)23/h5-10,12,14-16,18,23H,11,13H2,1-4H3. The highest BCUT2D eigenvalue weighted by molar-refractivity contribution is 5.40. The van der Waals surface area contributed by atoms with Crippen molar-refractivity contribution >= 4 is 0 Å². The molecular weight excluding hydrogens is 284 g/mol. The minimum absolute atomic E-state index is 0.157. The predicted molar refractivity (Wildman–Crippen MR) is 95.8 cm³/mol. The Labute approximate surface area is 140 Å². The predicted octanol–water partition coefficient (Wildman–Crippen LogP) is 4.43. The molecule has 0 spiro atoms. The van der Waals surface area contributed by atoms with Gasteiger partial charge in [-0.15, -0.1) is 0 Å². The van der Waals surface area contributed by atoms with Crippen molar-refractivity contribution in [1.82, 2.24) is 9.88 Å². The fourth-order valence-corrected chi connectivity index (χ4v) is 3.26. The molecule has 0 fully saturated rings. The molecule has 1 aromatic carbocycles. The van der Waals surface area contributed by atoms with Crippen LogP contribution in [0.15, 0.2) is 48.8 Å². The molecule has 1 N–H and O–H groups in total. The first kappa shape index (κ1) is 17.5. The minimum Gasteiger partial charge on any atom is -0.508 e. The van der Waals surface area contributed by atoms with Gasteiger partial charge in [-0.1, -0.05) is 24.3 Å². The van der Waals surface area contributed by atoms with Crippen LogP contribution in [0.3, 0.4) is 0 Å². The van der Waals surface area contributed by atoms with E-state index in [0.29, 0.717) is 17.8 Å². The van der Waals surface area contributed by atoms with Gasteiger partial charge in [-0.25, -0.2) is 0 Å². The summed E-state index contributed by atoms with van der Waals surface area (Å²) in [5.74, 6) is 0.520. The second-order valence-electron chi connectivity index (χ2n) is 6.61. The van der Waals surface area contributed by atoms with Crippen LogP contribution in [0.2, 0.25) is 0 Å². The second-order valence-corrected chi connectivity index (χ2v) is 6.61. The summed E-state index contributed by atoms with van der Waals surface area (Å²) in [6, 6.07) is 12.7. The first-order valence-corrected chi connectivity index (χ1v) is 8.44. The van der Waals surface area contributed by atoms with Gasteiger partial charge >= 0.3 is 0 Å². The average Bonchev–Trinajstić information content (AvgIpc) is 2.53. The van der Waals surface area contributed by atoms with Crippen LogP contribution >= 0.6 is 0 Å². The van der Waals surface area contributed by atoms with Gasteiger partial charge in [0.25, 0.3) is 0 Å². The van der Waals surface area contributed by atoms with Crippen molar-refractivity contribution in [3.8, 4) is 5.75 Å². The Hall–Kier alpha value is -1.87. The third-order valence-corrected chi connectivity index (χ3v) is 4.40. The number of aromatic hydroxyl groups is 1. The van der Waals surface area contributed by atoms with E-state index in [4.69, 9.17) is 0 Å². The van der Waals surface area contributed by atoms with Crippen LogP contribution in [0.25, 0.3) is 0 Å². The van der Waals surface area contributed by atoms with Crippen LogP contribution in [-0.2, 0) is 0 Å². The Morgan fingerprint density at radius 1 is 1.00 bits per heavy atom. The van der Waals surface area contributed by atoms with Crippen molar-refractivity contribution in [2.45, 2.75) is 52.1 Å². The van der Waals surface area contributed by atoms with E-state index in [1.54, 1.807) is 12.3 Å². The number of phenolic OH excluding ortho intramolecular Hbond substituents is 1. The third kappa shape index (κ3) is 4.55. The van der Waals surface area contributed by atoms with Crippen LogP contribution in [0.1, 0.15) is 51.2 Å². The monoisotopic (exact) mass is 312 g/mol. The molecule has 1 aromatic heterocycles. The third-order valence-electron chi connectivity index (χ3n) is 4.40. The quantitative estimate of drug-likeness (QED) is 0.821. The topological polar surface area (TPSA) is 36.4 Å². The van der Waals surface area contributed by atoms with Gasteiger partial charge in [-0.3, -0.25) is 9.88 Å². The Morgan fingerprint density at radius 2 is 1.70 bits per heavy atom. The van der Waals surface area contributed by atoms with Crippen molar-refractivity contribution in [3.05, 3.63) is 59.9 Å². The zero-order chi connectivity index (χ0) is 16.8. The Balaban J connectivity index is 2.27. The van der Waals surface area contributed by atoms with Gasteiger partial charge < -0.3 is 5.11 Å². The number of para-hydroxylation sites is 1. The lowest BCUT2D eigenvalue weighted by Gasteiger charge is -2.32. The SMILES string of the molecule is CC(C)N(CCC(c1cccnc1)c1ccccc1O)C(C)C. The summed E-state index contributed by atoms with van der Waals surface area (Å²) in [5, 5.41) is 10.3. The molecule has 0 aliphatic carbocycles. The van der Waals surface area contributed by atoms with Gasteiger partial charge in [-0.05, 0) is 58.4 Å². The number of benzene rings is 1. The highest BCUT2D eigenvalue weighted by Gasteiger charge is 2.21. The van der Waals surface area contributed by atoms with Gasteiger partial charge in [-0.2, -0.15) is 0 Å². The zero-order valence-electron chi connectivity index (χ0n) is 14.6. The number of rotatable bonds is 7. The van der Waals surface area contributed by atoms with Crippen LogP contribution in [0.4, 0.5) is 0 Å². The fraction of sp³-hybridized carbons (Fsp3) is 0.450. The van der Waals surface area contributed by atoms with Crippen LogP contribution < -0.4 is 0 Å². The number of hydrogen-bond acceptors (Lipinski definition) is 3. The van der Waals surface area contributed by atoms with Gasteiger partial charge in [0.05, 0.1) is 0 Å². The largest absolute Gasteiger partial charge is 0.508 e. The number of aromatic nitrogens is 1. The minimum atomic E-state index is 0.157. The highest BCUT2D eigenvalue weighted by Crippen LogP contribution is 2.33. The summed E-state index contributed by atoms with van der Waals surface area (Å²) < 4.78 is 0. The number of nitrogens with zero attached hydrogens (tertiary/aromatic N) is 2. The molecule has 0 aliphatic heterocycles. The van der Waals surface area contributed by atoms with Crippen LogP contribution in [0, 0.1) is 0 Å². The van der Waals surface area contributed by atoms with Crippen molar-refractivity contribution in [3.63, 3.8) is 0 Å². The lowest BCUT2D eigenvalue weighted by atomic mass is 9.88. The van der Waals surface area contributed by atoms with E-state index >= 15 is 0 Å². The summed E-state index contributed by atoms with van der Waals surface area (Å²) in [7, 11) is 0. The molecule has 0 amide bonds. The Morgan fingerprint density at radius 3 is 2.26 bits per heavy atom. The summed E-state index contributed by atoms with van der Waals surface area (Å²) in [5.41, 5.74) is 2.13. The van der Waals surface area contributed by atoms with Gasteiger partial charge in [0.2, 0.25) is 0 Å². The maximum atomic E-state index is 10.3. The molecule has 1 heterocycles. The molecule has 1 atom stereocenters. The molecular formula is C20H28N2O. The van der Waals surface area contributed by atoms with E-state index < -0.39 is 0 Å². The van der Waals surface area contributed by atoms with Crippen LogP contribution in [0.5, 0.6) is 5.75 Å². The van der Waals surface area contributed by atoms with E-state index in [1.807, 2.05) is 30.5 Å². The normalized spacial score (nSPS) is 13.0. The van der Waals surface area contributed by atoms with E-state index in [2.05, 4.69) is 43.6 Å². The molecule has 23 heavy (non-hydrogen) atoms. The van der Waals surface area contributed by atoms with Crippen molar-refractivity contribution in [2.75, 3.05) is 6.54 Å². The molecule has 124 valence electrons. The van der Waals surface area contributed by atoms with Crippen molar-refractivity contribution in [1.29, 1.82) is 0 Å². The molecule has 0 bridgehead atoms. The first-order valence-electron chi connectivity index (χ1n) is 8.44. The average molecular weight is 312 g/mol. The fourth-order valence-electron chi connectivity index (χ4n) is 3.26. The molecule has 2 aromatic rings. The highest BCUT2D eigenvalue weighted by atomic mass is 16.3. The maximum Gasteiger partial charge on any atom is 0.119 e. The summed E-state index contributed by atoms with van der Waals surface area (Å²) in [4.78, 5) is 6.75. The molecule has 3 heteroatoms. The first-order chi connectivity index (χ1) is 11.0. The molecule has 2 rings (SSSR count).